The van der Waals surface area contributed by atoms with Crippen molar-refractivity contribution in [3.8, 4) is 11.4 Å². The fourth-order valence-electron chi connectivity index (χ4n) is 2.15. The average Bonchev–Trinajstić information content (AvgIpc) is 2.89. The topological polar surface area (TPSA) is 54.6 Å². The van der Waals surface area contributed by atoms with Crippen LogP contribution in [-0.2, 0) is 6.18 Å². The van der Waals surface area contributed by atoms with Crippen LogP contribution in [0.2, 0.25) is 0 Å². The zero-order valence-electron chi connectivity index (χ0n) is 11.0. The lowest BCUT2D eigenvalue weighted by molar-refractivity contribution is -0.137. The number of rotatable bonds is 2. The SMILES string of the molecule is O=C(O)c1ccn2c(-c3ccc(C(F)(F)F)cc3)ncc2c1. The maximum absolute atomic E-state index is 12.6. The van der Waals surface area contributed by atoms with Crippen molar-refractivity contribution in [2.45, 2.75) is 6.18 Å². The number of carboxylic acid groups (broad SMARTS) is 1. The van der Waals surface area contributed by atoms with Crippen molar-refractivity contribution >= 4 is 11.5 Å². The number of nitrogens with zero attached hydrogens (tertiary/aromatic N) is 2. The zero-order valence-corrected chi connectivity index (χ0v) is 11.0. The quantitative estimate of drug-likeness (QED) is 0.785. The van der Waals surface area contributed by atoms with Gasteiger partial charge in [0.1, 0.15) is 5.82 Å². The first-order chi connectivity index (χ1) is 10.4. The van der Waals surface area contributed by atoms with Crippen LogP contribution in [0.4, 0.5) is 13.2 Å². The van der Waals surface area contributed by atoms with Gasteiger partial charge in [-0.3, -0.25) is 4.40 Å². The molecule has 4 nitrogen and oxygen atoms in total. The molecule has 1 N–H and O–H groups in total. The standard InChI is InChI=1S/C15H9F3N2O2/c16-15(17,18)11-3-1-9(2-4-11)13-19-8-12-7-10(14(21)22)5-6-20(12)13/h1-8H,(H,21,22). The number of aromatic nitrogens is 2. The number of carbonyl (C=O) groups is 1. The Balaban J connectivity index is 2.05. The number of fused-ring (bicyclic) bond motifs is 1. The van der Waals surface area contributed by atoms with Crippen molar-refractivity contribution in [2.24, 2.45) is 0 Å². The summed E-state index contributed by atoms with van der Waals surface area (Å²) in [6.45, 7) is 0. The van der Waals surface area contributed by atoms with Gasteiger partial charge in [0.15, 0.2) is 0 Å². The summed E-state index contributed by atoms with van der Waals surface area (Å²) < 4.78 is 39.3. The van der Waals surface area contributed by atoms with Crippen molar-refractivity contribution in [3.05, 3.63) is 59.9 Å². The molecule has 0 saturated heterocycles. The Bertz CT molecular complexity index is 851. The van der Waals surface area contributed by atoms with Crippen LogP contribution in [0.3, 0.4) is 0 Å². The Morgan fingerprint density at radius 1 is 1.14 bits per heavy atom. The summed E-state index contributed by atoms with van der Waals surface area (Å²) in [6, 6.07) is 7.50. The smallest absolute Gasteiger partial charge is 0.416 e. The number of benzene rings is 1. The first-order valence-corrected chi connectivity index (χ1v) is 6.24. The fourth-order valence-corrected chi connectivity index (χ4v) is 2.15. The molecule has 0 unspecified atom stereocenters. The molecule has 3 rings (SSSR count). The van der Waals surface area contributed by atoms with Gasteiger partial charge in [0.25, 0.3) is 0 Å². The monoisotopic (exact) mass is 306 g/mol. The van der Waals surface area contributed by atoms with Gasteiger partial charge in [-0.05, 0) is 24.3 Å². The summed E-state index contributed by atoms with van der Waals surface area (Å²) >= 11 is 0. The predicted octanol–water partition coefficient (Wildman–Crippen LogP) is 3.72. The summed E-state index contributed by atoms with van der Waals surface area (Å²) in [5, 5.41) is 8.94. The number of alkyl halides is 3. The van der Waals surface area contributed by atoms with Crippen molar-refractivity contribution in [2.75, 3.05) is 0 Å². The normalized spacial score (nSPS) is 11.8. The number of imidazole rings is 1. The number of aromatic carboxylic acids is 1. The van der Waals surface area contributed by atoms with Gasteiger partial charge in [-0.2, -0.15) is 13.2 Å². The minimum Gasteiger partial charge on any atom is -0.478 e. The second kappa shape index (κ2) is 4.87. The van der Waals surface area contributed by atoms with Gasteiger partial charge in [-0.1, -0.05) is 12.1 Å². The average molecular weight is 306 g/mol. The van der Waals surface area contributed by atoms with Gasteiger partial charge in [0, 0.05) is 11.8 Å². The Labute approximate surface area is 122 Å². The molecule has 0 aliphatic rings. The lowest BCUT2D eigenvalue weighted by Crippen LogP contribution is -2.04. The highest BCUT2D eigenvalue weighted by atomic mass is 19.4. The van der Waals surface area contributed by atoms with Crippen LogP contribution in [0.15, 0.2) is 48.8 Å². The number of hydrogen-bond donors (Lipinski definition) is 1. The molecule has 0 atom stereocenters. The largest absolute Gasteiger partial charge is 0.478 e. The van der Waals surface area contributed by atoms with Gasteiger partial charge in [0.2, 0.25) is 0 Å². The lowest BCUT2D eigenvalue weighted by atomic mass is 10.1. The maximum Gasteiger partial charge on any atom is 0.416 e. The number of hydrogen-bond acceptors (Lipinski definition) is 2. The molecule has 2 aromatic heterocycles. The molecule has 3 aromatic rings. The van der Waals surface area contributed by atoms with Gasteiger partial charge in [-0.25, -0.2) is 9.78 Å². The number of pyridine rings is 1. The summed E-state index contributed by atoms with van der Waals surface area (Å²) in [5.74, 6) is -0.611. The van der Waals surface area contributed by atoms with E-state index in [1.807, 2.05) is 0 Å². The second-order valence-corrected chi connectivity index (χ2v) is 4.67. The maximum atomic E-state index is 12.6. The fraction of sp³-hybridized carbons (Fsp3) is 0.0667. The number of carboxylic acids is 1. The van der Waals surface area contributed by atoms with E-state index in [9.17, 15) is 18.0 Å². The van der Waals surface area contributed by atoms with E-state index in [1.54, 1.807) is 4.40 Å². The molecule has 0 fully saturated rings. The molecular formula is C15H9F3N2O2. The summed E-state index contributed by atoms with van der Waals surface area (Å²) in [5.41, 5.74) is 0.447. The predicted molar refractivity (Wildman–Crippen MR) is 72.6 cm³/mol. The first-order valence-electron chi connectivity index (χ1n) is 6.24. The van der Waals surface area contributed by atoms with Crippen LogP contribution in [0.5, 0.6) is 0 Å². The van der Waals surface area contributed by atoms with E-state index >= 15 is 0 Å². The molecule has 22 heavy (non-hydrogen) atoms. The molecule has 0 amide bonds. The molecular weight excluding hydrogens is 297 g/mol. The highest BCUT2D eigenvalue weighted by Crippen LogP contribution is 2.30. The minimum absolute atomic E-state index is 0.117. The van der Waals surface area contributed by atoms with Crippen LogP contribution in [0.1, 0.15) is 15.9 Å². The van der Waals surface area contributed by atoms with E-state index in [2.05, 4.69) is 4.98 Å². The summed E-state index contributed by atoms with van der Waals surface area (Å²) in [7, 11) is 0. The Kier molecular flexibility index (Phi) is 3.13. The molecule has 0 aliphatic carbocycles. The van der Waals surface area contributed by atoms with Crippen LogP contribution in [-0.4, -0.2) is 20.5 Å². The van der Waals surface area contributed by atoms with Crippen LogP contribution >= 0.6 is 0 Å². The molecule has 1 aromatic carbocycles. The van der Waals surface area contributed by atoms with E-state index in [0.29, 0.717) is 16.9 Å². The molecule has 0 bridgehead atoms. The molecule has 2 heterocycles. The second-order valence-electron chi connectivity index (χ2n) is 4.67. The minimum atomic E-state index is -4.39. The van der Waals surface area contributed by atoms with Gasteiger partial charge >= 0.3 is 12.1 Å². The highest BCUT2D eigenvalue weighted by molar-refractivity contribution is 5.89. The van der Waals surface area contributed by atoms with E-state index in [0.717, 1.165) is 12.1 Å². The summed E-state index contributed by atoms with van der Waals surface area (Å²) in [6.07, 6.45) is -1.39. The van der Waals surface area contributed by atoms with E-state index in [1.165, 1.54) is 36.7 Å². The zero-order chi connectivity index (χ0) is 15.9. The van der Waals surface area contributed by atoms with Gasteiger partial charge in [-0.15, -0.1) is 0 Å². The van der Waals surface area contributed by atoms with Crippen LogP contribution in [0, 0.1) is 0 Å². The van der Waals surface area contributed by atoms with Crippen LogP contribution < -0.4 is 0 Å². The third kappa shape index (κ3) is 2.41. The first kappa shape index (κ1) is 14.1. The Morgan fingerprint density at radius 3 is 2.41 bits per heavy atom. The molecule has 0 aliphatic heterocycles. The summed E-state index contributed by atoms with van der Waals surface area (Å²) in [4.78, 5) is 15.1. The van der Waals surface area contributed by atoms with Crippen molar-refractivity contribution in [1.29, 1.82) is 0 Å². The van der Waals surface area contributed by atoms with Crippen LogP contribution in [0.25, 0.3) is 16.9 Å². The lowest BCUT2D eigenvalue weighted by Gasteiger charge is -2.07. The van der Waals surface area contributed by atoms with Crippen molar-refractivity contribution in [1.82, 2.24) is 9.38 Å². The molecule has 0 saturated carbocycles. The van der Waals surface area contributed by atoms with E-state index < -0.39 is 17.7 Å². The molecule has 0 radical (unpaired) electrons. The molecule has 112 valence electrons. The molecule has 7 heteroatoms. The highest BCUT2D eigenvalue weighted by Gasteiger charge is 2.30. The van der Waals surface area contributed by atoms with Crippen molar-refractivity contribution in [3.63, 3.8) is 0 Å². The van der Waals surface area contributed by atoms with E-state index in [4.69, 9.17) is 5.11 Å². The van der Waals surface area contributed by atoms with Crippen molar-refractivity contribution < 1.29 is 23.1 Å². The Hall–Kier alpha value is -2.83. The third-order valence-corrected chi connectivity index (χ3v) is 3.25. The van der Waals surface area contributed by atoms with E-state index in [-0.39, 0.29) is 5.56 Å². The number of halogens is 3. The van der Waals surface area contributed by atoms with Gasteiger partial charge in [0.05, 0.1) is 22.8 Å². The Morgan fingerprint density at radius 2 is 1.82 bits per heavy atom. The van der Waals surface area contributed by atoms with Gasteiger partial charge < -0.3 is 5.11 Å². The third-order valence-electron chi connectivity index (χ3n) is 3.25. The molecule has 0 spiro atoms.